The minimum absolute atomic E-state index is 0.0459. The van der Waals surface area contributed by atoms with E-state index in [1.165, 1.54) is 63.5 Å². The molecule has 5 rings (SSSR count). The second-order valence-corrected chi connectivity index (χ2v) is 23.6. The van der Waals surface area contributed by atoms with Gasteiger partial charge >= 0.3 is 11.9 Å². The van der Waals surface area contributed by atoms with Crippen molar-refractivity contribution in [3.05, 3.63) is 108 Å². The van der Waals surface area contributed by atoms with Crippen molar-refractivity contribution in [2.75, 3.05) is 40.5 Å². The average molecular weight is 1360 g/mol. The van der Waals surface area contributed by atoms with Gasteiger partial charge in [0.05, 0.1) is 62.1 Å². The Kier molecular flexibility index (Phi) is 28.7. The van der Waals surface area contributed by atoms with Gasteiger partial charge in [0.25, 0.3) is 0 Å². The van der Waals surface area contributed by atoms with Crippen molar-refractivity contribution in [2.24, 2.45) is 11.5 Å². The summed E-state index contributed by atoms with van der Waals surface area (Å²) in [4.78, 5) is 187. The first kappa shape index (κ1) is 77.4. The lowest BCUT2D eigenvalue weighted by Gasteiger charge is -2.36. The monoisotopic (exact) mass is 1360 g/mol. The molecule has 1 saturated heterocycles. The smallest absolute Gasteiger partial charge is 0.305 e. The summed E-state index contributed by atoms with van der Waals surface area (Å²) in [5.74, 6) is -15.3. The fourth-order valence-corrected chi connectivity index (χ4v) is 10.4. The molecule has 0 saturated carbocycles. The number of imidazole rings is 1. The van der Waals surface area contributed by atoms with Gasteiger partial charge in [0.15, 0.2) is 0 Å². The summed E-state index contributed by atoms with van der Waals surface area (Å²) in [6.45, 7) is 4.34. The van der Waals surface area contributed by atoms with Crippen LogP contribution in [-0.4, -0.2) is 218 Å². The van der Waals surface area contributed by atoms with E-state index in [0.717, 1.165) is 31.2 Å². The largest absolute Gasteiger partial charge is 0.481 e. The maximum Gasteiger partial charge on any atom is 0.305 e. The average Bonchev–Trinajstić information content (AvgIpc) is 1.73. The summed E-state index contributed by atoms with van der Waals surface area (Å²) in [5.41, 5.74) is 11.3. The van der Waals surface area contributed by atoms with Crippen LogP contribution in [0.2, 0.25) is 0 Å². The number of carbonyl (C=O) groups excluding carboxylic acids is 11. The number of nitrogens with zero attached hydrogens (tertiary/aromatic N) is 3. The predicted molar refractivity (Wildman–Crippen MR) is 340 cm³/mol. The van der Waals surface area contributed by atoms with E-state index in [2.05, 4.69) is 62.8 Å². The number of nitrogens with one attached hydrogen (secondary N) is 10. The lowest BCUT2D eigenvalue weighted by atomic mass is 9.90. The second kappa shape index (κ2) is 36.0. The predicted octanol–water partition coefficient (Wildman–Crippen LogP) is -3.44. The van der Waals surface area contributed by atoms with E-state index < -0.39 is 194 Å². The van der Waals surface area contributed by atoms with Crippen molar-refractivity contribution in [1.29, 1.82) is 0 Å². The molecule has 11 amide bonds. The highest BCUT2D eigenvalue weighted by molar-refractivity contribution is 6.00. The molecule has 526 valence electrons. The Labute approximate surface area is 556 Å². The molecule has 2 aromatic heterocycles. The number of aromatic nitrogens is 3. The number of nitrogens with two attached hydrogens (primary N) is 2. The topological polar surface area (TPSA) is 506 Å². The first-order chi connectivity index (χ1) is 45.8. The molecule has 33 nitrogen and oxygen atoms in total. The number of aliphatic hydroxyl groups is 1. The number of aryl methyl sites for hydroxylation is 1. The molecule has 4 aromatic rings. The zero-order valence-electron chi connectivity index (χ0n) is 54.5. The Bertz CT molecular complexity index is 3490. The maximum absolute atomic E-state index is 15.5. The minimum atomic E-state index is -2.29. The van der Waals surface area contributed by atoms with Crippen molar-refractivity contribution in [1.82, 2.24) is 67.7 Å². The molecule has 2 aromatic carbocycles. The molecule has 1 fully saturated rings. The Balaban J connectivity index is 1.26. The van der Waals surface area contributed by atoms with E-state index in [-0.39, 0.29) is 31.4 Å². The third kappa shape index (κ3) is 22.1. The summed E-state index contributed by atoms with van der Waals surface area (Å²) in [7, 11) is 2.30. The normalized spacial score (nSPS) is 16.9. The first-order valence-corrected chi connectivity index (χ1v) is 30.7. The van der Waals surface area contributed by atoms with Crippen LogP contribution in [0.1, 0.15) is 82.2 Å². The highest BCUT2D eigenvalue weighted by atomic mass is 19.1. The van der Waals surface area contributed by atoms with Gasteiger partial charge in [-0.1, -0.05) is 48.5 Å². The van der Waals surface area contributed by atoms with Crippen molar-refractivity contribution < 1.29 is 91.5 Å². The molecule has 0 radical (unpaired) electrons. The van der Waals surface area contributed by atoms with Crippen LogP contribution in [0.5, 0.6) is 0 Å². The molecule has 0 spiro atoms. The number of pyridine rings is 1. The Morgan fingerprint density at radius 2 is 1.35 bits per heavy atom. The van der Waals surface area contributed by atoms with Gasteiger partial charge in [-0.15, -0.1) is 0 Å². The van der Waals surface area contributed by atoms with Crippen molar-refractivity contribution >= 4 is 76.9 Å². The van der Waals surface area contributed by atoms with Crippen LogP contribution in [0.15, 0.2) is 79.4 Å². The number of hydrogen-bond acceptors (Lipinski definition) is 19. The van der Waals surface area contributed by atoms with Crippen LogP contribution in [0.25, 0.3) is 11.3 Å². The van der Waals surface area contributed by atoms with Gasteiger partial charge in [0.2, 0.25) is 65.0 Å². The standard InChI is InChI=1S/C63H84FN15O18/c1-33-13-8-10-15-39(33)42-18-17-36(27-68-42)23-44(53(66)87)72-47(81)29-70-55(89)45(25-50(85)86)73-56(90)46(31-80)74-57(91)51(34(2)96-6)77-60(94)62(4,26-37-14-9-11-16-40(37)64)78-58(92)52(35(3)97-7)76-48(82)30-69-54(88)43(19-20-49(83)84)75-61(95)63(5)21-12-22-79(63)59(93)41(65)24-38-28-67-32-71-38/h8-11,13-18,27-28,32,34-35,41,43-46,51-52,80H,12,19-26,29-31,65H2,1-7H3,(H2,66,87)(H,67,71)(H,69,88)(H,70,89)(H,72,81)(H,73,90)(H,74,91)(H,75,95)(H,76,82)(H,77,94)(H,78,92)(H,83,84)(H,85,86)/t34-,35-,41+,43+,44+,45+,46+,51+,52+,62?,63?/m1/s1. The number of halogens is 1. The van der Waals surface area contributed by atoms with Crippen molar-refractivity contribution in [2.45, 2.75) is 152 Å². The lowest BCUT2D eigenvalue weighted by molar-refractivity contribution is -0.146. The van der Waals surface area contributed by atoms with Crippen LogP contribution in [0, 0.1) is 12.7 Å². The first-order valence-electron chi connectivity index (χ1n) is 30.7. The second-order valence-electron chi connectivity index (χ2n) is 23.6. The number of aromatic amines is 1. The molecule has 17 N–H and O–H groups in total. The number of likely N-dealkylation sites (tertiary alicyclic amines) is 1. The number of aliphatic hydroxyl groups excluding tert-OH is 1. The number of amides is 11. The van der Waals surface area contributed by atoms with E-state index in [1.807, 2.05) is 31.2 Å². The summed E-state index contributed by atoms with van der Waals surface area (Å²) in [6.07, 6.45) is -0.433. The number of aliphatic carboxylic acids is 2. The quantitative estimate of drug-likeness (QED) is 0.0209. The summed E-state index contributed by atoms with van der Waals surface area (Å²) < 4.78 is 26.3. The number of carboxylic acid groups (broad SMARTS) is 2. The Morgan fingerprint density at radius 1 is 0.732 bits per heavy atom. The van der Waals surface area contributed by atoms with Crippen molar-refractivity contribution in [3.8, 4) is 11.3 Å². The molecule has 1 aliphatic rings. The van der Waals surface area contributed by atoms with Gasteiger partial charge in [-0.05, 0) is 82.7 Å². The summed E-state index contributed by atoms with van der Waals surface area (Å²) in [5, 5.41) is 50.6. The van der Waals surface area contributed by atoms with Gasteiger partial charge in [0.1, 0.15) is 53.1 Å². The molecule has 11 atom stereocenters. The van der Waals surface area contributed by atoms with Crippen LogP contribution in [0.4, 0.5) is 4.39 Å². The number of H-pyrrole nitrogens is 1. The molecule has 97 heavy (non-hydrogen) atoms. The molecular formula is C63H84FN15O18. The SMILES string of the molecule is CO[C@H](C)[C@H](NC(=O)CNC(=O)[C@H](CCC(=O)O)NC(=O)C1(C)CCCN1C(=O)[C@@H](N)Cc1c[nH]cn1)C(=O)NC(C)(Cc1ccccc1F)C(=O)N[C@H](C(=O)N[C@@H](CO)C(=O)N[C@@H](CC(=O)O)C(=O)NCC(=O)N[C@@H](Cc1ccc(-c2ccccc2C)nc1)C(N)=O)[C@@H](C)OC. The number of hydrogen-bond donors (Lipinski definition) is 15. The highest BCUT2D eigenvalue weighted by Crippen LogP contribution is 2.31. The number of ether oxygens (including phenoxy) is 2. The number of primary amides is 1. The molecular weight excluding hydrogens is 1270 g/mol. The molecule has 3 heterocycles. The maximum atomic E-state index is 15.5. The number of methoxy groups -OCH3 is 2. The molecule has 0 aliphatic carbocycles. The number of rotatable bonds is 37. The van der Waals surface area contributed by atoms with Crippen molar-refractivity contribution in [3.63, 3.8) is 0 Å². The van der Waals surface area contributed by atoms with Gasteiger partial charge in [-0.25, -0.2) is 9.37 Å². The lowest BCUT2D eigenvalue weighted by Crippen LogP contribution is -2.67. The zero-order valence-corrected chi connectivity index (χ0v) is 54.5. The molecule has 0 bridgehead atoms. The van der Waals surface area contributed by atoms with E-state index in [1.54, 1.807) is 18.3 Å². The van der Waals surface area contributed by atoms with Gasteiger partial charge in [-0.2, -0.15) is 0 Å². The third-order valence-electron chi connectivity index (χ3n) is 16.3. The zero-order chi connectivity index (χ0) is 71.9. The van der Waals surface area contributed by atoms with Gasteiger partial charge in [-0.3, -0.25) is 67.3 Å². The van der Waals surface area contributed by atoms with Crippen LogP contribution in [-0.2, 0) is 91.1 Å². The number of carboxylic acids is 2. The third-order valence-corrected chi connectivity index (χ3v) is 16.3. The van der Waals surface area contributed by atoms with Crippen LogP contribution >= 0.6 is 0 Å². The fraction of sp³-hybridized carbons (Fsp3) is 0.476. The van der Waals surface area contributed by atoms with E-state index >= 15 is 4.39 Å². The molecule has 2 unspecified atom stereocenters. The van der Waals surface area contributed by atoms with E-state index in [0.29, 0.717) is 23.4 Å². The van der Waals surface area contributed by atoms with E-state index in [9.17, 15) is 77.6 Å². The molecule has 34 heteroatoms. The van der Waals surface area contributed by atoms with Gasteiger partial charge in [0, 0.05) is 64.4 Å². The van der Waals surface area contributed by atoms with Crippen LogP contribution in [0.3, 0.4) is 0 Å². The van der Waals surface area contributed by atoms with E-state index in [4.69, 9.17) is 20.9 Å². The van der Waals surface area contributed by atoms with Crippen LogP contribution < -0.4 is 59.3 Å². The number of carbonyl (C=O) groups is 13. The minimum Gasteiger partial charge on any atom is -0.481 e. The molecule has 1 aliphatic heterocycles. The van der Waals surface area contributed by atoms with Gasteiger partial charge < -0.3 is 94.0 Å². The Hall–Kier alpha value is -10.3. The number of benzene rings is 2. The Morgan fingerprint density at radius 3 is 1.93 bits per heavy atom. The fourth-order valence-electron chi connectivity index (χ4n) is 10.4. The summed E-state index contributed by atoms with van der Waals surface area (Å²) in [6, 6.07) is 4.58. The summed E-state index contributed by atoms with van der Waals surface area (Å²) >= 11 is 0. The highest BCUT2D eigenvalue weighted by Gasteiger charge is 2.48.